The summed E-state index contributed by atoms with van der Waals surface area (Å²) in [6.07, 6.45) is 1.25. The third kappa shape index (κ3) is 2.64. The molecule has 2 N–H and O–H groups in total. The monoisotopic (exact) mass is 312 g/mol. The van der Waals surface area contributed by atoms with Gasteiger partial charge in [0.25, 0.3) is 5.24 Å². The Hall–Kier alpha value is -1.98. The summed E-state index contributed by atoms with van der Waals surface area (Å²) in [5.41, 5.74) is 5.14. The van der Waals surface area contributed by atoms with Crippen molar-refractivity contribution in [3.8, 4) is 0 Å². The number of hydrogen-bond acceptors (Lipinski definition) is 4. The van der Waals surface area contributed by atoms with E-state index in [1.54, 1.807) is 0 Å². The molecule has 1 aromatic heterocycles. The van der Waals surface area contributed by atoms with E-state index in [1.165, 1.54) is 18.3 Å². The van der Waals surface area contributed by atoms with Gasteiger partial charge in [0.2, 0.25) is 0 Å². The molecule has 2 aromatic rings. The first-order valence-electron chi connectivity index (χ1n) is 5.36. The van der Waals surface area contributed by atoms with Gasteiger partial charge in [0.15, 0.2) is 5.78 Å². The fourth-order valence-electron chi connectivity index (χ4n) is 1.69. The first-order valence-corrected chi connectivity index (χ1v) is 6.11. The zero-order valence-electron chi connectivity index (χ0n) is 9.86. The molecule has 102 valence electrons. The second-order valence-electron chi connectivity index (χ2n) is 3.85. The summed E-state index contributed by atoms with van der Waals surface area (Å²) in [5.74, 6) is -1.46. The highest BCUT2D eigenvalue weighted by Crippen LogP contribution is 2.24. The summed E-state index contributed by atoms with van der Waals surface area (Å²) in [7, 11) is 0. The summed E-state index contributed by atoms with van der Waals surface area (Å²) < 4.78 is 13.2. The molecule has 0 aliphatic rings. The van der Waals surface area contributed by atoms with E-state index < -0.39 is 16.8 Å². The topological polar surface area (TPSA) is 73.0 Å². The molecule has 4 nitrogen and oxygen atoms in total. The van der Waals surface area contributed by atoms with Gasteiger partial charge in [-0.25, -0.2) is 9.37 Å². The maximum Gasteiger partial charge on any atom is 0.256 e. The van der Waals surface area contributed by atoms with Crippen LogP contribution in [0.1, 0.15) is 26.3 Å². The van der Waals surface area contributed by atoms with Crippen molar-refractivity contribution in [1.82, 2.24) is 4.98 Å². The van der Waals surface area contributed by atoms with Gasteiger partial charge in [-0.1, -0.05) is 11.6 Å². The number of pyridine rings is 1. The summed E-state index contributed by atoms with van der Waals surface area (Å²) in [4.78, 5) is 27.4. The Morgan fingerprint density at radius 1 is 1.20 bits per heavy atom. The van der Waals surface area contributed by atoms with Crippen molar-refractivity contribution in [1.29, 1.82) is 0 Å². The fraction of sp³-hybridized carbons (Fsp3) is 0. The van der Waals surface area contributed by atoms with E-state index >= 15 is 0 Å². The van der Waals surface area contributed by atoms with Crippen LogP contribution >= 0.6 is 23.2 Å². The highest BCUT2D eigenvalue weighted by molar-refractivity contribution is 6.68. The Balaban J connectivity index is 2.63. The predicted octanol–water partition coefficient (Wildman–Crippen LogP) is 3.07. The largest absolute Gasteiger partial charge is 0.383 e. The van der Waals surface area contributed by atoms with Crippen molar-refractivity contribution in [2.75, 3.05) is 5.73 Å². The fourth-order valence-corrected chi connectivity index (χ4v) is 2.09. The molecule has 0 saturated carbocycles. The number of anilines is 1. The molecule has 7 heteroatoms. The molecule has 2 rings (SSSR count). The molecular weight excluding hydrogens is 306 g/mol. The normalized spacial score (nSPS) is 10.3. The van der Waals surface area contributed by atoms with Gasteiger partial charge in [-0.2, -0.15) is 0 Å². The lowest BCUT2D eigenvalue weighted by molar-refractivity contribution is 0.102. The number of halogens is 3. The Morgan fingerprint density at radius 2 is 1.90 bits per heavy atom. The van der Waals surface area contributed by atoms with Crippen LogP contribution in [0.2, 0.25) is 5.02 Å². The lowest BCUT2D eigenvalue weighted by Gasteiger charge is -2.08. The number of nitrogens with zero attached hydrogens (tertiary/aromatic N) is 1. The van der Waals surface area contributed by atoms with Gasteiger partial charge in [-0.15, -0.1) is 0 Å². The highest BCUT2D eigenvalue weighted by Gasteiger charge is 2.22. The van der Waals surface area contributed by atoms with Crippen molar-refractivity contribution in [2.45, 2.75) is 0 Å². The third-order valence-electron chi connectivity index (χ3n) is 2.59. The smallest absolute Gasteiger partial charge is 0.256 e. The van der Waals surface area contributed by atoms with Crippen LogP contribution in [0, 0.1) is 5.82 Å². The Labute approximate surface area is 123 Å². The van der Waals surface area contributed by atoms with Crippen LogP contribution in [0.5, 0.6) is 0 Å². The molecule has 0 atom stereocenters. The van der Waals surface area contributed by atoms with Gasteiger partial charge < -0.3 is 5.73 Å². The molecule has 0 amide bonds. The lowest BCUT2D eigenvalue weighted by atomic mass is 10.00. The Kier molecular flexibility index (Phi) is 4.01. The Morgan fingerprint density at radius 3 is 2.55 bits per heavy atom. The van der Waals surface area contributed by atoms with Crippen LogP contribution in [0.15, 0.2) is 30.5 Å². The lowest BCUT2D eigenvalue weighted by Crippen LogP contribution is -2.12. The summed E-state index contributed by atoms with van der Waals surface area (Å²) in [5, 5.41) is -0.869. The maximum atomic E-state index is 13.2. The van der Waals surface area contributed by atoms with Crippen LogP contribution in [0.4, 0.5) is 10.2 Å². The predicted molar refractivity (Wildman–Crippen MR) is 73.7 cm³/mol. The SMILES string of the molecule is Nc1nccc(C(=O)c2cc(F)ccc2Cl)c1C(=O)Cl. The first-order chi connectivity index (χ1) is 9.41. The molecule has 0 bridgehead atoms. The van der Waals surface area contributed by atoms with E-state index in [-0.39, 0.29) is 27.5 Å². The van der Waals surface area contributed by atoms with Crippen LogP contribution in [0.3, 0.4) is 0 Å². The van der Waals surface area contributed by atoms with Crippen LogP contribution in [-0.2, 0) is 0 Å². The minimum Gasteiger partial charge on any atom is -0.383 e. The summed E-state index contributed by atoms with van der Waals surface area (Å²) >= 11 is 11.3. The second kappa shape index (κ2) is 5.56. The molecule has 0 unspecified atom stereocenters. The number of nitrogens with two attached hydrogens (primary N) is 1. The van der Waals surface area contributed by atoms with Crippen molar-refractivity contribution in [3.63, 3.8) is 0 Å². The van der Waals surface area contributed by atoms with Gasteiger partial charge in [0.05, 0.1) is 10.6 Å². The van der Waals surface area contributed by atoms with Gasteiger partial charge in [-0.05, 0) is 35.9 Å². The van der Waals surface area contributed by atoms with Crippen molar-refractivity contribution in [3.05, 3.63) is 58.0 Å². The highest BCUT2D eigenvalue weighted by atomic mass is 35.5. The first kappa shape index (κ1) is 14.4. The average molecular weight is 313 g/mol. The molecule has 1 aromatic carbocycles. The van der Waals surface area contributed by atoms with E-state index in [0.29, 0.717) is 0 Å². The standard InChI is InChI=1S/C13H7Cl2FN2O2/c14-9-2-1-6(16)5-8(9)11(19)7-3-4-18-13(17)10(7)12(15)20/h1-5H,(H2,17,18). The van der Waals surface area contributed by atoms with E-state index in [1.807, 2.05) is 0 Å². The molecule has 1 heterocycles. The second-order valence-corrected chi connectivity index (χ2v) is 4.60. The molecule has 0 aliphatic carbocycles. The minimum atomic E-state index is -0.925. The zero-order valence-corrected chi connectivity index (χ0v) is 11.4. The molecular formula is C13H7Cl2FN2O2. The van der Waals surface area contributed by atoms with Crippen LogP contribution in [0.25, 0.3) is 0 Å². The third-order valence-corrected chi connectivity index (χ3v) is 3.11. The van der Waals surface area contributed by atoms with Crippen LogP contribution < -0.4 is 5.73 Å². The molecule has 20 heavy (non-hydrogen) atoms. The van der Waals surface area contributed by atoms with E-state index in [9.17, 15) is 14.0 Å². The van der Waals surface area contributed by atoms with Crippen molar-refractivity contribution in [2.24, 2.45) is 0 Å². The van der Waals surface area contributed by atoms with Gasteiger partial charge in [0, 0.05) is 17.3 Å². The van der Waals surface area contributed by atoms with E-state index in [0.717, 1.165) is 12.1 Å². The average Bonchev–Trinajstić information content (AvgIpc) is 2.40. The number of carbonyl (C=O) groups excluding carboxylic acids is 2. The zero-order chi connectivity index (χ0) is 14.9. The molecule has 0 fully saturated rings. The van der Waals surface area contributed by atoms with Gasteiger partial charge >= 0.3 is 0 Å². The van der Waals surface area contributed by atoms with E-state index in [4.69, 9.17) is 28.9 Å². The number of rotatable bonds is 3. The summed E-state index contributed by atoms with van der Waals surface area (Å²) in [6.45, 7) is 0. The number of aromatic nitrogens is 1. The van der Waals surface area contributed by atoms with Crippen molar-refractivity contribution < 1.29 is 14.0 Å². The molecule has 0 spiro atoms. The molecule has 0 saturated heterocycles. The molecule has 0 aliphatic heterocycles. The van der Waals surface area contributed by atoms with Gasteiger partial charge in [0.1, 0.15) is 11.6 Å². The van der Waals surface area contributed by atoms with Crippen molar-refractivity contribution >= 4 is 40.0 Å². The number of ketones is 1. The van der Waals surface area contributed by atoms with E-state index in [2.05, 4.69) is 4.98 Å². The number of nitrogen functional groups attached to an aromatic ring is 1. The number of carbonyl (C=O) groups is 2. The summed E-state index contributed by atoms with van der Waals surface area (Å²) in [6, 6.07) is 4.61. The quantitative estimate of drug-likeness (QED) is 0.698. The number of benzene rings is 1. The Bertz CT molecular complexity index is 720. The van der Waals surface area contributed by atoms with Gasteiger partial charge in [-0.3, -0.25) is 9.59 Å². The van der Waals surface area contributed by atoms with Crippen LogP contribution in [-0.4, -0.2) is 16.0 Å². The number of hydrogen-bond donors (Lipinski definition) is 1. The molecule has 0 radical (unpaired) electrons. The maximum absolute atomic E-state index is 13.2. The minimum absolute atomic E-state index is 0.0553.